The molecule has 1 aliphatic heterocycles. The summed E-state index contributed by atoms with van der Waals surface area (Å²) in [6, 6.07) is 4.54. The highest BCUT2D eigenvalue weighted by atomic mass is 16.7. The zero-order valence-electron chi connectivity index (χ0n) is 28.0. The Morgan fingerprint density at radius 2 is 1.49 bits per heavy atom. The van der Waals surface area contributed by atoms with Gasteiger partial charge in [-0.1, -0.05) is 109 Å². The summed E-state index contributed by atoms with van der Waals surface area (Å²) in [5.74, 6) is -0.732. The van der Waals surface area contributed by atoms with Crippen molar-refractivity contribution in [3.8, 4) is 0 Å². The summed E-state index contributed by atoms with van der Waals surface area (Å²) >= 11 is 0. The number of hydrogen-bond acceptors (Lipinski definition) is 7. The number of rotatable bonds is 25. The van der Waals surface area contributed by atoms with E-state index in [-0.39, 0.29) is 43.7 Å². The number of urea groups is 1. The Hall–Kier alpha value is -3.21. The fourth-order valence-corrected chi connectivity index (χ4v) is 5.43. The van der Waals surface area contributed by atoms with Crippen molar-refractivity contribution >= 4 is 23.9 Å². The molecule has 5 amide bonds. The third-order valence-electron chi connectivity index (χ3n) is 8.07. The van der Waals surface area contributed by atoms with Crippen molar-refractivity contribution in [1.29, 1.82) is 0 Å². The molecule has 1 unspecified atom stereocenters. The molecule has 0 aromatic carbocycles. The van der Waals surface area contributed by atoms with Crippen LogP contribution in [0.1, 0.15) is 127 Å². The van der Waals surface area contributed by atoms with Crippen LogP contribution in [0.2, 0.25) is 0 Å². The van der Waals surface area contributed by atoms with E-state index >= 15 is 0 Å². The number of ether oxygens (including phenoxy) is 1. The molecule has 0 radical (unpaired) electrons. The lowest BCUT2D eigenvalue weighted by Gasteiger charge is -2.24. The first-order chi connectivity index (χ1) is 21.9. The van der Waals surface area contributed by atoms with E-state index in [4.69, 9.17) is 9.57 Å². The van der Waals surface area contributed by atoms with Gasteiger partial charge in [-0.3, -0.25) is 24.3 Å². The smallest absolute Gasteiger partial charge is 0.434 e. The summed E-state index contributed by atoms with van der Waals surface area (Å²) < 4.78 is 5.47. The van der Waals surface area contributed by atoms with Gasteiger partial charge in [0.05, 0.1) is 20.2 Å². The molecule has 0 aliphatic carbocycles. The summed E-state index contributed by atoms with van der Waals surface area (Å²) in [4.78, 5) is 61.7. The first-order valence-electron chi connectivity index (χ1n) is 17.2. The molecule has 0 bridgehead atoms. The van der Waals surface area contributed by atoms with Gasteiger partial charge in [-0.05, 0) is 25.5 Å². The van der Waals surface area contributed by atoms with E-state index in [2.05, 4.69) is 17.2 Å². The fraction of sp³-hybridized carbons (Fsp3) is 0.735. The highest BCUT2D eigenvalue weighted by Gasteiger charge is 2.37. The molecule has 1 aromatic heterocycles. The number of hydrogen-bond donors (Lipinski definition) is 1. The summed E-state index contributed by atoms with van der Waals surface area (Å²) in [6.45, 7) is 4.51. The SMILES string of the molecule is CCCCCCCCCCCCCCCCCCN(OC)C(=O)OC(C)CN1C(=O)CN(CCNC(=O)c2ccccn2)C1=O. The van der Waals surface area contributed by atoms with E-state index < -0.39 is 18.2 Å². The normalized spacial score (nSPS) is 13.8. The Morgan fingerprint density at radius 1 is 0.911 bits per heavy atom. The van der Waals surface area contributed by atoms with Crippen LogP contribution in [-0.2, 0) is 14.4 Å². The molecular formula is C34H57N5O6. The fourth-order valence-electron chi connectivity index (χ4n) is 5.43. The number of carbonyl (C=O) groups excluding carboxylic acids is 4. The Morgan fingerprint density at radius 3 is 2.02 bits per heavy atom. The molecule has 254 valence electrons. The third kappa shape index (κ3) is 15.6. The topological polar surface area (TPSA) is 121 Å². The van der Waals surface area contributed by atoms with E-state index in [0.29, 0.717) is 6.54 Å². The van der Waals surface area contributed by atoms with Gasteiger partial charge in [-0.15, -0.1) is 0 Å². The van der Waals surface area contributed by atoms with Gasteiger partial charge in [0.25, 0.3) is 5.91 Å². The Balaban J connectivity index is 1.53. The minimum Gasteiger partial charge on any atom is -0.443 e. The van der Waals surface area contributed by atoms with Crippen molar-refractivity contribution in [3.63, 3.8) is 0 Å². The van der Waals surface area contributed by atoms with E-state index in [1.807, 2.05) is 0 Å². The first kappa shape index (κ1) is 38.0. The summed E-state index contributed by atoms with van der Waals surface area (Å²) in [5, 5.41) is 3.88. The second kappa shape index (κ2) is 23.2. The summed E-state index contributed by atoms with van der Waals surface area (Å²) in [7, 11) is 1.43. The predicted octanol–water partition coefficient (Wildman–Crippen LogP) is 6.73. The minimum atomic E-state index is -0.711. The molecule has 11 heteroatoms. The van der Waals surface area contributed by atoms with Crippen LogP contribution in [0.5, 0.6) is 0 Å². The molecule has 1 N–H and O–H groups in total. The van der Waals surface area contributed by atoms with E-state index in [9.17, 15) is 19.2 Å². The maximum Gasteiger partial charge on any atom is 0.434 e. The molecule has 11 nitrogen and oxygen atoms in total. The van der Waals surface area contributed by atoms with Crippen LogP contribution in [-0.4, -0.2) is 89.7 Å². The average Bonchev–Trinajstić information content (AvgIpc) is 3.30. The van der Waals surface area contributed by atoms with Gasteiger partial charge in [0.1, 0.15) is 18.3 Å². The molecule has 45 heavy (non-hydrogen) atoms. The molecular weight excluding hydrogens is 574 g/mol. The molecule has 0 spiro atoms. The number of nitrogens with one attached hydrogen (secondary N) is 1. The number of amides is 5. The molecule has 1 saturated heterocycles. The van der Waals surface area contributed by atoms with Crippen LogP contribution >= 0.6 is 0 Å². The third-order valence-corrected chi connectivity index (χ3v) is 8.07. The highest BCUT2D eigenvalue weighted by molar-refractivity contribution is 6.02. The number of carbonyl (C=O) groups is 4. The van der Waals surface area contributed by atoms with E-state index in [1.165, 1.54) is 107 Å². The number of hydroxylamine groups is 2. The lowest BCUT2D eigenvalue weighted by molar-refractivity contribution is -0.128. The van der Waals surface area contributed by atoms with Crippen LogP contribution in [0.15, 0.2) is 24.4 Å². The van der Waals surface area contributed by atoms with Crippen LogP contribution in [0.25, 0.3) is 0 Å². The van der Waals surface area contributed by atoms with Crippen molar-refractivity contribution in [3.05, 3.63) is 30.1 Å². The largest absolute Gasteiger partial charge is 0.443 e. The van der Waals surface area contributed by atoms with Gasteiger partial charge in [-0.25, -0.2) is 9.59 Å². The Bertz CT molecular complexity index is 995. The Kier molecular flexibility index (Phi) is 19.6. The second-order valence-corrected chi connectivity index (χ2v) is 12.0. The van der Waals surface area contributed by atoms with Crippen molar-refractivity contribution < 1.29 is 28.8 Å². The molecule has 1 atom stereocenters. The lowest BCUT2D eigenvalue weighted by atomic mass is 10.0. The maximum atomic E-state index is 12.8. The number of aromatic nitrogens is 1. The van der Waals surface area contributed by atoms with Crippen LogP contribution in [0, 0.1) is 0 Å². The highest BCUT2D eigenvalue weighted by Crippen LogP contribution is 2.15. The van der Waals surface area contributed by atoms with Gasteiger partial charge in [-0.2, -0.15) is 5.06 Å². The quantitative estimate of drug-likeness (QED) is 0.0722. The Labute approximate surface area is 270 Å². The standard InChI is InChI=1S/C34H57N5O6/c1-4-5-6-7-8-9-10-11-12-13-14-15-16-17-18-21-25-39(44-3)34(43)45-29(2)27-38-31(40)28-37(33(38)42)26-24-36-32(41)30-22-19-20-23-35-30/h19-20,22-23,29H,4-18,21,24-28H2,1-3H3,(H,36,41). The van der Waals surface area contributed by atoms with Crippen LogP contribution < -0.4 is 5.32 Å². The molecule has 1 aromatic rings. The van der Waals surface area contributed by atoms with Crippen LogP contribution in [0.4, 0.5) is 9.59 Å². The summed E-state index contributed by atoms with van der Waals surface area (Å²) in [5.41, 5.74) is 0.276. The number of imide groups is 1. The molecule has 2 rings (SSSR count). The first-order valence-corrected chi connectivity index (χ1v) is 17.2. The second-order valence-electron chi connectivity index (χ2n) is 12.0. The predicted molar refractivity (Wildman–Crippen MR) is 174 cm³/mol. The van der Waals surface area contributed by atoms with Crippen molar-refractivity contribution in [2.24, 2.45) is 0 Å². The van der Waals surface area contributed by atoms with Crippen molar-refractivity contribution in [2.75, 3.05) is 39.8 Å². The van der Waals surface area contributed by atoms with E-state index in [0.717, 1.165) is 24.2 Å². The number of unbranched alkanes of at least 4 members (excludes halogenated alkanes) is 15. The molecule has 1 aliphatic rings. The monoisotopic (exact) mass is 631 g/mol. The number of pyridine rings is 1. The number of nitrogens with zero attached hydrogens (tertiary/aromatic N) is 4. The van der Waals surface area contributed by atoms with Gasteiger partial charge in [0.2, 0.25) is 5.91 Å². The lowest BCUT2D eigenvalue weighted by Crippen LogP contribution is -2.42. The van der Waals surface area contributed by atoms with Crippen molar-refractivity contribution in [2.45, 2.75) is 123 Å². The zero-order chi connectivity index (χ0) is 32.7. The van der Waals surface area contributed by atoms with Crippen molar-refractivity contribution in [1.82, 2.24) is 25.2 Å². The van der Waals surface area contributed by atoms with Gasteiger partial charge >= 0.3 is 12.1 Å². The minimum absolute atomic E-state index is 0.0587. The van der Waals surface area contributed by atoms with Gasteiger partial charge < -0.3 is 15.0 Å². The molecule has 1 fully saturated rings. The zero-order valence-corrected chi connectivity index (χ0v) is 28.0. The van der Waals surface area contributed by atoms with Gasteiger partial charge in [0.15, 0.2) is 0 Å². The van der Waals surface area contributed by atoms with Gasteiger partial charge in [0, 0.05) is 19.3 Å². The summed E-state index contributed by atoms with van der Waals surface area (Å²) in [6.07, 6.45) is 20.6. The van der Waals surface area contributed by atoms with Crippen LogP contribution in [0.3, 0.4) is 0 Å². The maximum absolute atomic E-state index is 12.8. The average molecular weight is 632 g/mol. The molecule has 2 heterocycles. The van der Waals surface area contributed by atoms with E-state index in [1.54, 1.807) is 25.1 Å². The molecule has 0 saturated carbocycles.